The van der Waals surface area contributed by atoms with Crippen molar-refractivity contribution in [2.45, 2.75) is 25.9 Å². The van der Waals surface area contributed by atoms with Gasteiger partial charge in [-0.05, 0) is 48.4 Å². The molecule has 0 aliphatic carbocycles. The maximum atomic E-state index is 13.1. The highest BCUT2D eigenvalue weighted by atomic mass is 35.5. The molecular formula is C23H24ClN5O3. The number of halogens is 1. The molecular weight excluding hydrogens is 430 g/mol. The lowest BCUT2D eigenvalue weighted by molar-refractivity contribution is -0.153. The average Bonchev–Trinajstić information content (AvgIpc) is 2.80. The van der Waals surface area contributed by atoms with Gasteiger partial charge in [-0.3, -0.25) is 9.59 Å². The van der Waals surface area contributed by atoms with Gasteiger partial charge >= 0.3 is 0 Å². The van der Waals surface area contributed by atoms with Gasteiger partial charge in [0.2, 0.25) is 5.91 Å². The third kappa shape index (κ3) is 4.60. The van der Waals surface area contributed by atoms with Crippen molar-refractivity contribution in [3.8, 4) is 5.75 Å². The Labute approximate surface area is 190 Å². The number of hydrogen-bond donors (Lipinski definition) is 1. The van der Waals surface area contributed by atoms with Crippen LogP contribution >= 0.6 is 11.6 Å². The molecule has 1 aliphatic heterocycles. The van der Waals surface area contributed by atoms with E-state index in [1.807, 2.05) is 25.1 Å². The van der Waals surface area contributed by atoms with Gasteiger partial charge in [0.15, 0.2) is 6.61 Å². The van der Waals surface area contributed by atoms with Gasteiger partial charge in [-0.1, -0.05) is 24.6 Å². The van der Waals surface area contributed by atoms with Crippen LogP contribution in [0.3, 0.4) is 0 Å². The Morgan fingerprint density at radius 3 is 2.72 bits per heavy atom. The first-order valence-electron chi connectivity index (χ1n) is 10.4. The lowest BCUT2D eigenvalue weighted by atomic mass is 10.1. The van der Waals surface area contributed by atoms with Crippen LogP contribution in [-0.2, 0) is 16.1 Å². The third-order valence-corrected chi connectivity index (χ3v) is 5.82. The van der Waals surface area contributed by atoms with Gasteiger partial charge in [0.05, 0.1) is 5.52 Å². The van der Waals surface area contributed by atoms with Crippen molar-refractivity contribution in [2.24, 2.45) is 0 Å². The van der Waals surface area contributed by atoms with Crippen LogP contribution in [0.25, 0.3) is 10.9 Å². The number of rotatable bonds is 6. The number of benzene rings is 2. The van der Waals surface area contributed by atoms with Gasteiger partial charge in [0.25, 0.3) is 5.91 Å². The predicted octanol–water partition coefficient (Wildman–Crippen LogP) is 2.89. The van der Waals surface area contributed by atoms with E-state index in [1.54, 1.807) is 34.1 Å². The molecule has 4 rings (SSSR count). The van der Waals surface area contributed by atoms with Gasteiger partial charge < -0.3 is 20.3 Å². The number of aromatic nitrogens is 2. The van der Waals surface area contributed by atoms with Crippen LogP contribution < -0.4 is 10.5 Å². The minimum Gasteiger partial charge on any atom is -0.484 e. The Hall–Kier alpha value is -3.39. The fourth-order valence-electron chi connectivity index (χ4n) is 3.89. The van der Waals surface area contributed by atoms with Crippen LogP contribution in [-0.4, -0.2) is 57.3 Å². The number of anilines is 1. The minimum absolute atomic E-state index is 0.0686. The monoisotopic (exact) mass is 453 g/mol. The molecule has 166 valence electrons. The van der Waals surface area contributed by atoms with Gasteiger partial charge in [0.1, 0.15) is 23.9 Å². The first kappa shape index (κ1) is 21.8. The number of carbonyl (C=O) groups excluding carboxylic acids is 2. The summed E-state index contributed by atoms with van der Waals surface area (Å²) in [6.07, 6.45) is 1.96. The maximum absolute atomic E-state index is 13.1. The molecule has 32 heavy (non-hydrogen) atoms. The molecule has 0 saturated carbocycles. The van der Waals surface area contributed by atoms with E-state index < -0.39 is 6.04 Å². The SMILES string of the molecule is CC[C@H]1C(=O)N(Cc2ccc3c(N)ncnc3c2)CCN1C(=O)COc1ccc(Cl)cc1. The first-order valence-corrected chi connectivity index (χ1v) is 10.8. The Morgan fingerprint density at radius 1 is 1.19 bits per heavy atom. The lowest BCUT2D eigenvalue weighted by Crippen LogP contribution is -2.59. The van der Waals surface area contributed by atoms with Gasteiger partial charge in [0, 0.05) is 30.0 Å². The van der Waals surface area contributed by atoms with Crippen molar-refractivity contribution in [3.05, 3.63) is 59.4 Å². The van der Waals surface area contributed by atoms with Crippen LogP contribution in [0.15, 0.2) is 48.8 Å². The molecule has 1 fully saturated rings. The smallest absolute Gasteiger partial charge is 0.261 e. The minimum atomic E-state index is -0.511. The predicted molar refractivity (Wildman–Crippen MR) is 122 cm³/mol. The molecule has 1 atom stereocenters. The molecule has 1 saturated heterocycles. The number of hydrogen-bond acceptors (Lipinski definition) is 6. The zero-order valence-corrected chi connectivity index (χ0v) is 18.5. The standard InChI is InChI=1S/C23H24ClN5O3/c1-2-20-23(31)28(12-15-3-8-18-19(11-15)26-14-27-22(18)25)9-10-29(20)21(30)13-32-17-6-4-16(24)5-7-17/h3-8,11,14,20H,2,9-10,12-13H2,1H3,(H2,25,26,27)/t20-/m0/s1. The second-order valence-corrected chi connectivity index (χ2v) is 8.06. The number of nitrogens with zero attached hydrogens (tertiary/aromatic N) is 4. The zero-order valence-electron chi connectivity index (χ0n) is 17.7. The first-order chi connectivity index (χ1) is 15.5. The highest BCUT2D eigenvalue weighted by Crippen LogP contribution is 2.22. The molecule has 3 aromatic rings. The zero-order chi connectivity index (χ0) is 22.7. The summed E-state index contributed by atoms with van der Waals surface area (Å²) < 4.78 is 5.58. The molecule has 2 aromatic carbocycles. The molecule has 0 radical (unpaired) electrons. The van der Waals surface area contributed by atoms with Crippen LogP contribution in [0, 0.1) is 0 Å². The lowest BCUT2D eigenvalue weighted by Gasteiger charge is -2.40. The molecule has 1 aromatic heterocycles. The summed E-state index contributed by atoms with van der Waals surface area (Å²) in [5.41, 5.74) is 7.58. The summed E-state index contributed by atoms with van der Waals surface area (Å²) in [5, 5.41) is 1.38. The van der Waals surface area contributed by atoms with E-state index in [4.69, 9.17) is 22.1 Å². The van der Waals surface area contributed by atoms with Crippen molar-refractivity contribution in [1.82, 2.24) is 19.8 Å². The van der Waals surface area contributed by atoms with Crippen molar-refractivity contribution in [2.75, 3.05) is 25.4 Å². The highest BCUT2D eigenvalue weighted by molar-refractivity contribution is 6.30. The molecule has 9 heteroatoms. The van der Waals surface area contributed by atoms with Crippen molar-refractivity contribution in [3.63, 3.8) is 0 Å². The molecule has 2 amide bonds. The summed E-state index contributed by atoms with van der Waals surface area (Å²) in [6, 6.07) is 12.0. The van der Waals surface area contributed by atoms with E-state index >= 15 is 0 Å². The number of piperazine rings is 1. The van der Waals surface area contributed by atoms with E-state index in [2.05, 4.69) is 9.97 Å². The number of amides is 2. The molecule has 1 aliphatic rings. The number of ether oxygens (including phenoxy) is 1. The van der Waals surface area contributed by atoms with E-state index in [0.29, 0.717) is 42.6 Å². The average molecular weight is 454 g/mol. The van der Waals surface area contributed by atoms with Gasteiger partial charge in [-0.2, -0.15) is 0 Å². The molecule has 8 nitrogen and oxygen atoms in total. The summed E-state index contributed by atoms with van der Waals surface area (Å²) in [5.74, 6) is 0.705. The Bertz CT molecular complexity index is 1140. The van der Waals surface area contributed by atoms with E-state index in [0.717, 1.165) is 16.5 Å². The normalized spacial score (nSPS) is 16.4. The molecule has 0 unspecified atom stereocenters. The Kier molecular flexibility index (Phi) is 6.41. The Balaban J connectivity index is 1.41. The summed E-state index contributed by atoms with van der Waals surface area (Å²) in [7, 11) is 0. The van der Waals surface area contributed by atoms with Crippen molar-refractivity contribution in [1.29, 1.82) is 0 Å². The van der Waals surface area contributed by atoms with Gasteiger partial charge in [-0.15, -0.1) is 0 Å². The molecule has 0 spiro atoms. The van der Waals surface area contributed by atoms with Gasteiger partial charge in [-0.25, -0.2) is 9.97 Å². The second kappa shape index (κ2) is 9.40. The Morgan fingerprint density at radius 2 is 1.97 bits per heavy atom. The molecule has 0 bridgehead atoms. The second-order valence-electron chi connectivity index (χ2n) is 7.62. The van der Waals surface area contributed by atoms with Crippen LogP contribution in [0.4, 0.5) is 5.82 Å². The van der Waals surface area contributed by atoms with E-state index in [-0.39, 0.29) is 18.4 Å². The van der Waals surface area contributed by atoms with Crippen LogP contribution in [0.2, 0.25) is 5.02 Å². The number of nitrogen functional groups attached to an aromatic ring is 1. The molecule has 2 heterocycles. The quantitative estimate of drug-likeness (QED) is 0.615. The van der Waals surface area contributed by atoms with Crippen LogP contribution in [0.1, 0.15) is 18.9 Å². The summed E-state index contributed by atoms with van der Waals surface area (Å²) in [4.78, 5) is 37.6. The fraction of sp³-hybridized carbons (Fsp3) is 0.304. The highest BCUT2D eigenvalue weighted by Gasteiger charge is 2.36. The fourth-order valence-corrected chi connectivity index (χ4v) is 4.02. The molecule has 2 N–H and O–H groups in total. The number of carbonyl (C=O) groups is 2. The van der Waals surface area contributed by atoms with Crippen molar-refractivity contribution >= 4 is 40.1 Å². The van der Waals surface area contributed by atoms with E-state index in [1.165, 1.54) is 6.33 Å². The topological polar surface area (TPSA) is 102 Å². The maximum Gasteiger partial charge on any atom is 0.261 e. The number of nitrogens with two attached hydrogens (primary N) is 1. The summed E-state index contributed by atoms with van der Waals surface area (Å²) in [6.45, 7) is 3.12. The van der Waals surface area contributed by atoms with Crippen molar-refractivity contribution < 1.29 is 14.3 Å². The third-order valence-electron chi connectivity index (χ3n) is 5.57. The van der Waals surface area contributed by atoms with Crippen LogP contribution in [0.5, 0.6) is 5.75 Å². The summed E-state index contributed by atoms with van der Waals surface area (Å²) >= 11 is 5.87. The largest absolute Gasteiger partial charge is 0.484 e. The number of fused-ring (bicyclic) bond motifs is 1. The van der Waals surface area contributed by atoms with E-state index in [9.17, 15) is 9.59 Å².